The van der Waals surface area contributed by atoms with Crippen LogP contribution in [0, 0.1) is 0 Å². The van der Waals surface area contributed by atoms with E-state index in [1.807, 2.05) is 5.32 Å². The highest BCUT2D eigenvalue weighted by atomic mass is 32.2. The van der Waals surface area contributed by atoms with Crippen LogP contribution in [0.15, 0.2) is 52.3 Å². The molecule has 0 unspecified atom stereocenters. The Labute approximate surface area is 160 Å². The lowest BCUT2D eigenvalue weighted by atomic mass is 9.79. The number of aliphatic carboxylic acids is 1. The Balaban J connectivity index is 2.55. The van der Waals surface area contributed by atoms with Crippen LogP contribution in [0.4, 0.5) is 0 Å². The smallest absolute Gasteiger partial charge is 0.480 e. The van der Waals surface area contributed by atoms with Gasteiger partial charge in [-0.3, -0.25) is 9.59 Å². The highest BCUT2D eigenvalue weighted by molar-refractivity contribution is 7.91. The summed E-state index contributed by atoms with van der Waals surface area (Å²) in [5.74, 6) is -2.25. The molecule has 1 amide bonds. The molecule has 0 radical (unpaired) electrons. The molecule has 13 heteroatoms. The Morgan fingerprint density at radius 3 is 2.07 bits per heavy atom. The zero-order chi connectivity index (χ0) is 21.1. The van der Waals surface area contributed by atoms with Crippen LogP contribution in [0.2, 0.25) is 0 Å². The number of carbonyl (C=O) groups excluding carboxylic acids is 1. The third-order valence-corrected chi connectivity index (χ3v) is 5.40. The van der Waals surface area contributed by atoms with Crippen LogP contribution in [0.3, 0.4) is 0 Å². The first-order valence-electron chi connectivity index (χ1n) is 7.74. The van der Waals surface area contributed by atoms with Crippen molar-refractivity contribution in [1.29, 1.82) is 0 Å². The van der Waals surface area contributed by atoms with E-state index in [9.17, 15) is 38.1 Å². The number of rotatable bonds is 7. The quantitative estimate of drug-likeness (QED) is 0.256. The van der Waals surface area contributed by atoms with Crippen molar-refractivity contribution in [3.63, 3.8) is 0 Å². The Kier molecular flexibility index (Phi) is 6.59. The molecular weight excluding hydrogens is 392 g/mol. The first-order valence-corrected chi connectivity index (χ1v) is 9.23. The van der Waals surface area contributed by atoms with Gasteiger partial charge in [-0.25, -0.2) is 8.42 Å². The molecule has 0 saturated heterocycles. The van der Waals surface area contributed by atoms with E-state index in [0.717, 1.165) is 24.3 Å². The number of nitrogens with one attached hydrogen (secondary N) is 1. The topological polar surface area (TPSA) is 181 Å². The third kappa shape index (κ3) is 4.97. The van der Waals surface area contributed by atoms with Crippen LogP contribution < -0.4 is 16.2 Å². The lowest BCUT2D eigenvalue weighted by Gasteiger charge is -2.11. The Hall–Kier alpha value is -2.70. The first-order chi connectivity index (χ1) is 13.0. The molecule has 2 aromatic carbocycles. The minimum absolute atomic E-state index is 0.0844. The largest absolute Gasteiger partial charge is 0.488 e. The molecule has 6 N–H and O–H groups in total. The summed E-state index contributed by atoms with van der Waals surface area (Å²) in [7, 11) is -8.27. The summed E-state index contributed by atoms with van der Waals surface area (Å²) in [6.07, 6.45) is 0. The van der Waals surface area contributed by atoms with Gasteiger partial charge in [0.05, 0.1) is 9.79 Å². The summed E-state index contributed by atoms with van der Waals surface area (Å²) < 4.78 is 25.7. The number of carbonyl (C=O) groups is 2. The molecule has 10 nitrogen and oxygen atoms in total. The van der Waals surface area contributed by atoms with Gasteiger partial charge < -0.3 is 30.5 Å². The van der Waals surface area contributed by atoms with Crippen molar-refractivity contribution in [2.45, 2.75) is 9.79 Å². The summed E-state index contributed by atoms with van der Waals surface area (Å²) in [4.78, 5) is 21.9. The van der Waals surface area contributed by atoms with Crippen LogP contribution in [0.5, 0.6) is 0 Å². The van der Waals surface area contributed by atoms with Crippen molar-refractivity contribution in [3.05, 3.63) is 48.0 Å². The average molecular weight is 407 g/mol. The van der Waals surface area contributed by atoms with E-state index in [-0.39, 0.29) is 21.4 Å². The molecule has 0 bridgehead atoms. The molecule has 0 atom stereocenters. The number of carboxylic acid groups (broad SMARTS) is 1. The van der Waals surface area contributed by atoms with Gasteiger partial charge in [0.1, 0.15) is 6.54 Å². The fourth-order valence-corrected chi connectivity index (χ4v) is 3.69. The van der Waals surface area contributed by atoms with Crippen molar-refractivity contribution in [3.8, 4) is 0 Å². The molecule has 0 aromatic heterocycles. The highest BCUT2D eigenvalue weighted by Crippen LogP contribution is 2.20. The number of hydrogen-bond acceptors (Lipinski definition) is 8. The molecule has 0 aliphatic rings. The number of carboxylic acids is 1. The van der Waals surface area contributed by atoms with Crippen molar-refractivity contribution >= 4 is 46.9 Å². The van der Waals surface area contributed by atoms with E-state index >= 15 is 0 Å². The van der Waals surface area contributed by atoms with Gasteiger partial charge in [0, 0.05) is 5.56 Å². The van der Waals surface area contributed by atoms with E-state index in [4.69, 9.17) is 5.11 Å². The van der Waals surface area contributed by atoms with E-state index < -0.39 is 47.4 Å². The number of hydrogen-bond donors (Lipinski definition) is 6. The minimum Gasteiger partial charge on any atom is -0.480 e. The predicted octanol–water partition coefficient (Wildman–Crippen LogP) is -3.31. The molecule has 28 heavy (non-hydrogen) atoms. The van der Waals surface area contributed by atoms with Crippen molar-refractivity contribution < 1.29 is 43.2 Å². The van der Waals surface area contributed by atoms with E-state index in [2.05, 4.69) is 0 Å². The molecule has 0 fully saturated rings. The zero-order valence-corrected chi connectivity index (χ0v) is 15.0. The van der Waals surface area contributed by atoms with Crippen LogP contribution in [-0.4, -0.2) is 66.3 Å². The maximum Gasteiger partial charge on any atom is 0.488 e. The summed E-state index contributed by atoms with van der Waals surface area (Å²) in [5.41, 5.74) is -0.692. The predicted molar refractivity (Wildman–Crippen MR) is 98.0 cm³/mol. The maximum absolute atomic E-state index is 12.9. The molecule has 0 saturated carbocycles. The van der Waals surface area contributed by atoms with Crippen LogP contribution >= 0.6 is 0 Å². The molecular formula is C15H15B2NO9S. The van der Waals surface area contributed by atoms with Crippen molar-refractivity contribution in [2.75, 3.05) is 6.54 Å². The van der Waals surface area contributed by atoms with Crippen molar-refractivity contribution in [1.82, 2.24) is 5.32 Å². The molecule has 146 valence electrons. The standard InChI is InChI=1S/C15H15B2NO9S/c19-14(20)8-18-15(21)9-4-11(17(24)25)7-13(5-9)28(26,27)12-3-1-2-10(6-12)16(22)23/h1-7,22-25H,8H2,(H,18,21)(H,19,20). The minimum atomic E-state index is -4.28. The second-order valence-electron chi connectivity index (χ2n) is 5.69. The van der Waals surface area contributed by atoms with Gasteiger partial charge in [-0.2, -0.15) is 0 Å². The number of benzene rings is 2. The number of amides is 1. The van der Waals surface area contributed by atoms with Gasteiger partial charge in [0.15, 0.2) is 0 Å². The Morgan fingerprint density at radius 2 is 1.50 bits per heavy atom. The molecule has 2 aromatic rings. The van der Waals surface area contributed by atoms with Crippen LogP contribution in [0.1, 0.15) is 10.4 Å². The second kappa shape index (κ2) is 8.54. The van der Waals surface area contributed by atoms with Gasteiger partial charge >= 0.3 is 20.2 Å². The van der Waals surface area contributed by atoms with Gasteiger partial charge in [0.2, 0.25) is 9.84 Å². The number of sulfone groups is 1. The summed E-state index contributed by atoms with van der Waals surface area (Å²) >= 11 is 0. The molecule has 0 aliphatic carbocycles. The van der Waals surface area contributed by atoms with E-state index in [0.29, 0.717) is 0 Å². The lowest BCUT2D eigenvalue weighted by Crippen LogP contribution is -2.34. The third-order valence-electron chi connectivity index (χ3n) is 3.67. The second-order valence-corrected chi connectivity index (χ2v) is 7.64. The van der Waals surface area contributed by atoms with Crippen LogP contribution in [0.25, 0.3) is 0 Å². The summed E-state index contributed by atoms with van der Waals surface area (Å²) in [5, 5.41) is 47.9. The van der Waals surface area contributed by atoms with Gasteiger partial charge in [-0.05, 0) is 41.3 Å². The fraction of sp³-hybridized carbons (Fsp3) is 0.0667. The van der Waals surface area contributed by atoms with E-state index in [1.54, 1.807) is 0 Å². The average Bonchev–Trinajstić information content (AvgIpc) is 2.65. The molecule has 0 heterocycles. The van der Waals surface area contributed by atoms with E-state index in [1.165, 1.54) is 18.2 Å². The Morgan fingerprint density at radius 1 is 0.893 bits per heavy atom. The van der Waals surface area contributed by atoms with Gasteiger partial charge in [-0.15, -0.1) is 0 Å². The lowest BCUT2D eigenvalue weighted by molar-refractivity contribution is -0.135. The fourth-order valence-electron chi connectivity index (χ4n) is 2.29. The van der Waals surface area contributed by atoms with Gasteiger partial charge in [0.25, 0.3) is 5.91 Å². The molecule has 2 rings (SSSR count). The van der Waals surface area contributed by atoms with Crippen LogP contribution in [-0.2, 0) is 14.6 Å². The summed E-state index contributed by atoms with van der Waals surface area (Å²) in [6, 6.07) is 7.68. The van der Waals surface area contributed by atoms with Crippen molar-refractivity contribution in [2.24, 2.45) is 0 Å². The monoisotopic (exact) mass is 407 g/mol. The highest BCUT2D eigenvalue weighted by Gasteiger charge is 2.25. The summed E-state index contributed by atoms with van der Waals surface area (Å²) in [6.45, 7) is -0.719. The Bertz CT molecular complexity index is 1010. The SMILES string of the molecule is O=C(O)CNC(=O)c1cc(B(O)O)cc(S(=O)(=O)c2cccc(B(O)O)c2)c1. The maximum atomic E-state index is 12.9. The first kappa shape index (κ1) is 21.6. The van der Waals surface area contributed by atoms with Gasteiger partial charge in [-0.1, -0.05) is 12.1 Å². The normalized spacial score (nSPS) is 11.0. The zero-order valence-electron chi connectivity index (χ0n) is 14.2. The molecule has 0 spiro atoms. The molecule has 0 aliphatic heterocycles.